The molecule has 0 atom stereocenters. The van der Waals surface area contributed by atoms with Gasteiger partial charge < -0.3 is 0 Å². The Balaban J connectivity index is 3.62. The lowest BCUT2D eigenvalue weighted by Crippen LogP contribution is -1.78. The maximum atomic E-state index is 9.51. The standard InChI is InChI=1S/C4H4Cl3NO/c5-3(4(6)7)1-2-8-9/h1-2H2. The van der Waals surface area contributed by atoms with Crippen molar-refractivity contribution in [1.29, 1.82) is 0 Å². The van der Waals surface area contributed by atoms with Crippen LogP contribution in [0.3, 0.4) is 0 Å². The SMILES string of the molecule is O=NCCC(Cl)=C(Cl)Cl. The zero-order valence-corrected chi connectivity index (χ0v) is 6.67. The molecule has 0 amide bonds. The second-order valence-corrected chi connectivity index (χ2v) is 2.67. The Morgan fingerprint density at radius 2 is 1.89 bits per heavy atom. The molecule has 0 aromatic carbocycles. The molecule has 0 heterocycles. The minimum absolute atomic E-state index is 0.000293. The van der Waals surface area contributed by atoms with Gasteiger partial charge in [0.15, 0.2) is 0 Å². The fourth-order valence-electron chi connectivity index (χ4n) is 0.238. The lowest BCUT2D eigenvalue weighted by Gasteiger charge is -1.90. The first-order chi connectivity index (χ1) is 4.18. The number of hydrogen-bond donors (Lipinski definition) is 0. The van der Waals surface area contributed by atoms with Crippen LogP contribution in [0.5, 0.6) is 0 Å². The van der Waals surface area contributed by atoms with Gasteiger partial charge in [0.2, 0.25) is 0 Å². The molecule has 0 rings (SSSR count). The van der Waals surface area contributed by atoms with Gasteiger partial charge in [0, 0.05) is 6.42 Å². The summed E-state index contributed by atoms with van der Waals surface area (Å²) in [6.45, 7) is 0.113. The van der Waals surface area contributed by atoms with Crippen molar-refractivity contribution in [3.63, 3.8) is 0 Å². The average molecular weight is 188 g/mol. The number of rotatable bonds is 3. The maximum absolute atomic E-state index is 9.51. The van der Waals surface area contributed by atoms with E-state index in [-0.39, 0.29) is 16.1 Å². The molecular formula is C4H4Cl3NO. The van der Waals surface area contributed by atoms with Crippen LogP contribution in [-0.2, 0) is 0 Å². The normalized spacial score (nSPS) is 8.78. The van der Waals surface area contributed by atoms with Gasteiger partial charge >= 0.3 is 0 Å². The third-order valence-corrected chi connectivity index (χ3v) is 1.66. The third-order valence-electron chi connectivity index (χ3n) is 0.628. The first kappa shape index (κ1) is 9.21. The van der Waals surface area contributed by atoms with Crippen molar-refractivity contribution in [2.75, 3.05) is 6.54 Å². The summed E-state index contributed by atoms with van der Waals surface area (Å²) in [6.07, 6.45) is 0.313. The first-order valence-electron chi connectivity index (χ1n) is 2.17. The van der Waals surface area contributed by atoms with Crippen LogP contribution in [0, 0.1) is 4.91 Å². The highest BCUT2D eigenvalue weighted by atomic mass is 35.5. The molecule has 0 aromatic heterocycles. The summed E-state index contributed by atoms with van der Waals surface area (Å²) in [5.74, 6) is 0. The van der Waals surface area contributed by atoms with Crippen molar-refractivity contribution >= 4 is 34.8 Å². The number of hydrogen-bond acceptors (Lipinski definition) is 2. The van der Waals surface area contributed by atoms with E-state index in [2.05, 4.69) is 5.18 Å². The molecule has 2 nitrogen and oxygen atoms in total. The molecule has 0 aliphatic heterocycles. The van der Waals surface area contributed by atoms with E-state index in [4.69, 9.17) is 34.8 Å². The third kappa shape index (κ3) is 4.70. The molecule has 9 heavy (non-hydrogen) atoms. The van der Waals surface area contributed by atoms with E-state index in [9.17, 15) is 4.91 Å². The highest BCUT2D eigenvalue weighted by Gasteiger charge is 1.97. The molecule has 0 saturated carbocycles. The molecule has 0 bridgehead atoms. The van der Waals surface area contributed by atoms with Crippen LogP contribution in [0.25, 0.3) is 0 Å². The molecule has 0 unspecified atom stereocenters. The summed E-state index contributed by atoms with van der Waals surface area (Å²) in [5, 5.41) is 2.85. The van der Waals surface area contributed by atoms with Gasteiger partial charge in [-0.05, 0) is 0 Å². The largest absolute Gasteiger partial charge is 0.151 e. The van der Waals surface area contributed by atoms with E-state index in [0.29, 0.717) is 6.42 Å². The fraction of sp³-hybridized carbons (Fsp3) is 0.500. The molecule has 5 heteroatoms. The quantitative estimate of drug-likeness (QED) is 0.626. The van der Waals surface area contributed by atoms with Gasteiger partial charge in [-0.25, -0.2) is 0 Å². The second-order valence-electron chi connectivity index (χ2n) is 1.27. The minimum atomic E-state index is 0.000293. The van der Waals surface area contributed by atoms with Crippen molar-refractivity contribution < 1.29 is 0 Å². The Morgan fingerprint density at radius 1 is 1.33 bits per heavy atom. The van der Waals surface area contributed by atoms with Crippen LogP contribution in [-0.4, -0.2) is 6.54 Å². The van der Waals surface area contributed by atoms with Gasteiger partial charge in [-0.2, -0.15) is 4.91 Å². The van der Waals surface area contributed by atoms with Gasteiger partial charge in [-0.15, -0.1) is 0 Å². The number of halogens is 3. The molecule has 0 radical (unpaired) electrons. The second kappa shape index (κ2) is 5.03. The van der Waals surface area contributed by atoms with Crippen LogP contribution < -0.4 is 0 Å². The van der Waals surface area contributed by atoms with Crippen molar-refractivity contribution in [2.24, 2.45) is 5.18 Å². The fourth-order valence-corrected chi connectivity index (χ4v) is 0.512. The van der Waals surface area contributed by atoms with Crippen molar-refractivity contribution in [3.8, 4) is 0 Å². The summed E-state index contributed by atoms with van der Waals surface area (Å²) in [5.41, 5.74) is 0. The summed E-state index contributed by atoms with van der Waals surface area (Å²) in [7, 11) is 0. The highest BCUT2D eigenvalue weighted by molar-refractivity contribution is 6.59. The molecule has 0 spiro atoms. The zero-order chi connectivity index (χ0) is 7.28. The first-order valence-corrected chi connectivity index (χ1v) is 3.30. The van der Waals surface area contributed by atoms with E-state index < -0.39 is 0 Å². The molecule has 0 N–H and O–H groups in total. The molecule has 0 aliphatic carbocycles. The zero-order valence-electron chi connectivity index (χ0n) is 4.40. The van der Waals surface area contributed by atoms with E-state index in [1.807, 2.05) is 0 Å². The highest BCUT2D eigenvalue weighted by Crippen LogP contribution is 2.20. The Morgan fingerprint density at radius 3 is 2.22 bits per heavy atom. The number of nitroso groups, excluding NO2 is 1. The maximum Gasteiger partial charge on any atom is 0.121 e. The van der Waals surface area contributed by atoms with E-state index >= 15 is 0 Å². The van der Waals surface area contributed by atoms with Gasteiger partial charge in [-0.3, -0.25) is 0 Å². The Kier molecular flexibility index (Phi) is 5.15. The summed E-state index contributed by atoms with van der Waals surface area (Å²) < 4.78 is 0.000293. The Bertz CT molecular complexity index is 130. The van der Waals surface area contributed by atoms with E-state index in [1.165, 1.54) is 0 Å². The minimum Gasteiger partial charge on any atom is -0.151 e. The number of nitrogens with zero attached hydrogens (tertiary/aromatic N) is 1. The summed E-state index contributed by atoms with van der Waals surface area (Å²) in [4.78, 5) is 9.51. The molecule has 52 valence electrons. The monoisotopic (exact) mass is 187 g/mol. The van der Waals surface area contributed by atoms with Crippen molar-refractivity contribution in [1.82, 2.24) is 0 Å². The predicted molar refractivity (Wildman–Crippen MR) is 39.9 cm³/mol. The van der Waals surface area contributed by atoms with Crippen molar-refractivity contribution in [2.45, 2.75) is 6.42 Å². The molecular weight excluding hydrogens is 184 g/mol. The average Bonchev–Trinajstić information content (AvgIpc) is 1.82. The smallest absolute Gasteiger partial charge is 0.121 e. The van der Waals surface area contributed by atoms with Gasteiger partial charge in [0.25, 0.3) is 0 Å². The van der Waals surface area contributed by atoms with Gasteiger partial charge in [-0.1, -0.05) is 40.0 Å². The predicted octanol–water partition coefficient (Wildman–Crippen LogP) is 3.03. The van der Waals surface area contributed by atoms with E-state index in [0.717, 1.165) is 0 Å². The molecule has 0 saturated heterocycles. The van der Waals surface area contributed by atoms with Crippen LogP contribution >= 0.6 is 34.8 Å². The topological polar surface area (TPSA) is 29.4 Å². The van der Waals surface area contributed by atoms with Crippen LogP contribution in [0.1, 0.15) is 6.42 Å². The van der Waals surface area contributed by atoms with Gasteiger partial charge in [0.05, 0.1) is 11.6 Å². The van der Waals surface area contributed by atoms with Crippen LogP contribution in [0.4, 0.5) is 0 Å². The lowest BCUT2D eigenvalue weighted by atomic mass is 10.4. The molecule has 0 fully saturated rings. The molecule has 0 aliphatic rings. The van der Waals surface area contributed by atoms with Crippen LogP contribution in [0.15, 0.2) is 14.7 Å². The summed E-state index contributed by atoms with van der Waals surface area (Å²) in [6, 6.07) is 0. The Hall–Kier alpha value is 0.210. The van der Waals surface area contributed by atoms with Crippen molar-refractivity contribution in [3.05, 3.63) is 14.4 Å². The van der Waals surface area contributed by atoms with Crippen LogP contribution in [0.2, 0.25) is 0 Å². The summed E-state index contributed by atoms with van der Waals surface area (Å²) >= 11 is 15.9. The van der Waals surface area contributed by atoms with Gasteiger partial charge in [0.1, 0.15) is 4.49 Å². The van der Waals surface area contributed by atoms with E-state index in [1.54, 1.807) is 0 Å². The molecule has 0 aromatic rings. The Labute approximate surface area is 67.7 Å². The lowest BCUT2D eigenvalue weighted by molar-refractivity contribution is 0.984.